The van der Waals surface area contributed by atoms with Gasteiger partial charge in [-0.05, 0) is 36.6 Å². The fourth-order valence-corrected chi connectivity index (χ4v) is 4.71. The third kappa shape index (κ3) is 2.87. The van der Waals surface area contributed by atoms with Crippen molar-refractivity contribution in [1.82, 2.24) is 4.31 Å². The van der Waals surface area contributed by atoms with Crippen molar-refractivity contribution in [3.05, 3.63) is 53.6 Å². The summed E-state index contributed by atoms with van der Waals surface area (Å²) >= 11 is 0. The molecule has 3 rings (SSSR count). The summed E-state index contributed by atoms with van der Waals surface area (Å²) in [5.74, 6) is 0.914. The molecule has 6 heteroatoms. The van der Waals surface area contributed by atoms with Gasteiger partial charge in [0.1, 0.15) is 0 Å². The zero-order chi connectivity index (χ0) is 17.3. The standard InChI is InChI=1S/C18H21NO4S/c1-13-10-14-6-4-5-7-15(14)12-19(13)24(20,21)16-8-9-17(22-2)18(11-16)23-3/h4-9,11,13H,10,12H2,1-3H3. The van der Waals surface area contributed by atoms with Gasteiger partial charge in [0, 0.05) is 18.7 Å². The summed E-state index contributed by atoms with van der Waals surface area (Å²) in [5.41, 5.74) is 2.27. The fraction of sp³-hybridized carbons (Fsp3) is 0.333. The Kier molecular flexibility index (Phi) is 4.51. The molecule has 1 aliphatic rings. The van der Waals surface area contributed by atoms with Crippen LogP contribution < -0.4 is 9.47 Å². The highest BCUT2D eigenvalue weighted by molar-refractivity contribution is 7.89. The van der Waals surface area contributed by atoms with Crippen LogP contribution in [0.5, 0.6) is 11.5 Å². The largest absolute Gasteiger partial charge is 0.493 e. The van der Waals surface area contributed by atoms with Crippen LogP contribution in [0.2, 0.25) is 0 Å². The van der Waals surface area contributed by atoms with Gasteiger partial charge in [-0.3, -0.25) is 0 Å². The van der Waals surface area contributed by atoms with E-state index in [9.17, 15) is 8.42 Å². The summed E-state index contributed by atoms with van der Waals surface area (Å²) in [5, 5.41) is 0. The average Bonchev–Trinajstić information content (AvgIpc) is 2.60. The number of benzene rings is 2. The molecule has 1 heterocycles. The van der Waals surface area contributed by atoms with Crippen molar-refractivity contribution in [1.29, 1.82) is 0 Å². The van der Waals surface area contributed by atoms with Gasteiger partial charge in [-0.15, -0.1) is 0 Å². The van der Waals surface area contributed by atoms with Gasteiger partial charge >= 0.3 is 0 Å². The van der Waals surface area contributed by atoms with Gasteiger partial charge in [-0.1, -0.05) is 24.3 Å². The van der Waals surface area contributed by atoms with E-state index in [1.807, 2.05) is 25.1 Å². The first-order valence-electron chi connectivity index (χ1n) is 7.78. The minimum Gasteiger partial charge on any atom is -0.493 e. The number of nitrogens with zero attached hydrogens (tertiary/aromatic N) is 1. The second-order valence-corrected chi connectivity index (χ2v) is 7.78. The molecule has 0 N–H and O–H groups in total. The van der Waals surface area contributed by atoms with Crippen LogP contribution in [0.15, 0.2) is 47.4 Å². The van der Waals surface area contributed by atoms with E-state index < -0.39 is 10.0 Å². The highest BCUT2D eigenvalue weighted by Crippen LogP contribution is 2.33. The Hall–Kier alpha value is -2.05. The maximum Gasteiger partial charge on any atom is 0.243 e. The van der Waals surface area contributed by atoms with E-state index in [-0.39, 0.29) is 10.9 Å². The molecule has 1 aliphatic heterocycles. The Morgan fingerprint density at radius 2 is 1.67 bits per heavy atom. The van der Waals surface area contributed by atoms with E-state index in [1.54, 1.807) is 16.4 Å². The number of fused-ring (bicyclic) bond motifs is 1. The van der Waals surface area contributed by atoms with E-state index in [0.29, 0.717) is 24.5 Å². The lowest BCUT2D eigenvalue weighted by Crippen LogP contribution is -2.42. The molecular formula is C18H21NO4S. The molecule has 0 saturated carbocycles. The third-order valence-electron chi connectivity index (χ3n) is 4.41. The lowest BCUT2D eigenvalue weighted by Gasteiger charge is -2.34. The van der Waals surface area contributed by atoms with E-state index in [2.05, 4.69) is 6.07 Å². The Morgan fingerprint density at radius 1 is 1.00 bits per heavy atom. The van der Waals surface area contributed by atoms with Gasteiger partial charge in [0.2, 0.25) is 10.0 Å². The summed E-state index contributed by atoms with van der Waals surface area (Å²) in [7, 11) is -0.596. The third-order valence-corrected chi connectivity index (χ3v) is 6.37. The zero-order valence-electron chi connectivity index (χ0n) is 14.0. The predicted molar refractivity (Wildman–Crippen MR) is 91.9 cm³/mol. The number of methoxy groups -OCH3 is 2. The van der Waals surface area contributed by atoms with E-state index in [4.69, 9.17) is 9.47 Å². The van der Waals surface area contributed by atoms with Crippen molar-refractivity contribution < 1.29 is 17.9 Å². The highest BCUT2D eigenvalue weighted by atomic mass is 32.2. The quantitative estimate of drug-likeness (QED) is 0.853. The first-order valence-corrected chi connectivity index (χ1v) is 9.22. The number of sulfonamides is 1. The second kappa shape index (κ2) is 6.45. The van der Waals surface area contributed by atoms with Crippen molar-refractivity contribution in [3.63, 3.8) is 0 Å². The van der Waals surface area contributed by atoms with Gasteiger partial charge in [-0.2, -0.15) is 4.31 Å². The molecule has 2 aromatic rings. The lowest BCUT2D eigenvalue weighted by molar-refractivity contribution is 0.309. The van der Waals surface area contributed by atoms with Crippen LogP contribution in [0.3, 0.4) is 0 Å². The normalized spacial score (nSPS) is 18.0. The van der Waals surface area contributed by atoms with E-state index >= 15 is 0 Å². The fourth-order valence-electron chi connectivity index (χ4n) is 3.09. The van der Waals surface area contributed by atoms with Crippen molar-refractivity contribution in [2.24, 2.45) is 0 Å². The molecule has 24 heavy (non-hydrogen) atoms. The Balaban J connectivity index is 1.99. The molecule has 0 radical (unpaired) electrons. The molecule has 1 atom stereocenters. The summed E-state index contributed by atoms with van der Waals surface area (Å²) in [6.07, 6.45) is 0.711. The minimum absolute atomic E-state index is 0.0991. The topological polar surface area (TPSA) is 55.8 Å². The second-order valence-electron chi connectivity index (χ2n) is 5.89. The predicted octanol–water partition coefficient (Wildman–Crippen LogP) is 2.84. The monoisotopic (exact) mass is 347 g/mol. The van der Waals surface area contributed by atoms with E-state index in [0.717, 1.165) is 5.56 Å². The van der Waals surface area contributed by atoms with Crippen LogP contribution in [-0.2, 0) is 23.0 Å². The summed E-state index contributed by atoms with van der Waals surface area (Å²) in [6.45, 7) is 2.32. The van der Waals surface area contributed by atoms with Gasteiger partial charge in [0.05, 0.1) is 19.1 Å². The molecule has 0 aliphatic carbocycles. The Morgan fingerprint density at radius 3 is 2.33 bits per heavy atom. The molecule has 1 unspecified atom stereocenters. The van der Waals surface area contributed by atoms with Gasteiger partial charge in [-0.25, -0.2) is 8.42 Å². The Labute approximate surface area is 142 Å². The molecule has 0 amide bonds. The van der Waals surface area contributed by atoms with Crippen LogP contribution in [0.1, 0.15) is 18.1 Å². The minimum atomic E-state index is -3.61. The van der Waals surface area contributed by atoms with Gasteiger partial charge in [0.25, 0.3) is 0 Å². The maximum atomic E-state index is 13.1. The molecule has 2 aromatic carbocycles. The van der Waals surface area contributed by atoms with Crippen molar-refractivity contribution in [2.45, 2.75) is 30.8 Å². The van der Waals surface area contributed by atoms with Crippen LogP contribution >= 0.6 is 0 Å². The lowest BCUT2D eigenvalue weighted by atomic mass is 9.97. The van der Waals surface area contributed by atoms with Crippen molar-refractivity contribution >= 4 is 10.0 Å². The molecule has 128 valence electrons. The molecule has 0 spiro atoms. The van der Waals surface area contributed by atoms with Crippen LogP contribution in [0, 0.1) is 0 Å². The molecule has 0 saturated heterocycles. The van der Waals surface area contributed by atoms with Crippen molar-refractivity contribution in [2.75, 3.05) is 14.2 Å². The zero-order valence-corrected chi connectivity index (χ0v) is 14.8. The Bertz CT molecular complexity index is 848. The van der Waals surface area contributed by atoms with Crippen LogP contribution in [0.4, 0.5) is 0 Å². The molecular weight excluding hydrogens is 326 g/mol. The maximum absolute atomic E-state index is 13.1. The molecule has 0 bridgehead atoms. The van der Waals surface area contributed by atoms with Crippen molar-refractivity contribution in [3.8, 4) is 11.5 Å². The van der Waals surface area contributed by atoms with E-state index in [1.165, 1.54) is 25.8 Å². The first-order chi connectivity index (χ1) is 11.5. The average molecular weight is 347 g/mol. The number of hydrogen-bond donors (Lipinski definition) is 0. The SMILES string of the molecule is COc1ccc(S(=O)(=O)N2Cc3ccccc3CC2C)cc1OC. The first kappa shape index (κ1) is 16.8. The van der Waals surface area contributed by atoms with Gasteiger partial charge in [0.15, 0.2) is 11.5 Å². The molecule has 0 aromatic heterocycles. The van der Waals surface area contributed by atoms with Gasteiger partial charge < -0.3 is 9.47 Å². The highest BCUT2D eigenvalue weighted by Gasteiger charge is 2.33. The van der Waals surface area contributed by atoms with Crippen LogP contribution in [0.25, 0.3) is 0 Å². The number of ether oxygens (including phenoxy) is 2. The molecule has 0 fully saturated rings. The number of hydrogen-bond acceptors (Lipinski definition) is 4. The summed E-state index contributed by atoms with van der Waals surface area (Å²) < 4.78 is 38.2. The molecule has 5 nitrogen and oxygen atoms in total. The summed E-state index contributed by atoms with van der Waals surface area (Å²) in [4.78, 5) is 0.214. The van der Waals surface area contributed by atoms with Crippen LogP contribution in [-0.4, -0.2) is 33.0 Å². The number of rotatable bonds is 4. The smallest absolute Gasteiger partial charge is 0.243 e. The summed E-state index contributed by atoms with van der Waals surface area (Å²) in [6, 6.07) is 12.6.